The average molecular weight is 580 g/mol. The topological polar surface area (TPSA) is 80.3 Å². The van der Waals surface area contributed by atoms with E-state index in [9.17, 15) is 9.59 Å². The number of nitrogens with zero attached hydrogens (tertiary/aromatic N) is 1. The van der Waals surface area contributed by atoms with Crippen molar-refractivity contribution < 1.29 is 14.3 Å². The molecule has 0 aliphatic carbocycles. The van der Waals surface area contributed by atoms with Gasteiger partial charge in [-0.3, -0.25) is 9.59 Å². The first-order valence-electron chi connectivity index (χ1n) is 13.0. The number of aryl methyl sites for hydroxylation is 2. The molecule has 0 bridgehead atoms. The van der Waals surface area contributed by atoms with Crippen molar-refractivity contribution >= 4 is 45.7 Å². The monoisotopic (exact) mass is 579 g/mol. The summed E-state index contributed by atoms with van der Waals surface area (Å²) in [5.41, 5.74) is 5.07. The number of carbonyl (C=O) groups is 2. The van der Waals surface area contributed by atoms with Gasteiger partial charge in [0.2, 0.25) is 5.91 Å². The summed E-state index contributed by atoms with van der Waals surface area (Å²) in [6.07, 6.45) is 0. The van der Waals surface area contributed by atoms with E-state index in [0.717, 1.165) is 26.6 Å². The lowest BCUT2D eigenvalue weighted by Gasteiger charge is -2.17. The van der Waals surface area contributed by atoms with Crippen LogP contribution in [0.1, 0.15) is 31.6 Å². The first-order valence-corrected chi connectivity index (χ1v) is 14.7. The molecule has 2 amide bonds. The Hall–Kier alpha value is -4.40. The quantitative estimate of drug-likeness (QED) is 0.172. The number of methoxy groups -OCH3 is 1. The molecule has 0 saturated heterocycles. The van der Waals surface area contributed by atoms with E-state index in [1.807, 2.05) is 73.7 Å². The van der Waals surface area contributed by atoms with Crippen LogP contribution in [0.2, 0.25) is 0 Å². The summed E-state index contributed by atoms with van der Waals surface area (Å²) in [7, 11) is 1.57. The van der Waals surface area contributed by atoms with E-state index >= 15 is 0 Å². The summed E-state index contributed by atoms with van der Waals surface area (Å²) in [6.45, 7) is 4.06. The van der Waals surface area contributed by atoms with Gasteiger partial charge >= 0.3 is 0 Å². The highest BCUT2D eigenvalue weighted by atomic mass is 32.2. The highest BCUT2D eigenvalue weighted by Crippen LogP contribution is 2.38. The molecule has 0 aliphatic rings. The molecule has 5 rings (SSSR count). The number of carbonyl (C=O) groups excluding carboxylic acids is 2. The second-order valence-electron chi connectivity index (χ2n) is 9.40. The molecule has 6 nitrogen and oxygen atoms in total. The van der Waals surface area contributed by atoms with Gasteiger partial charge in [-0.2, -0.15) is 0 Å². The van der Waals surface area contributed by atoms with Crippen LogP contribution >= 0.6 is 23.1 Å². The number of amides is 2. The minimum Gasteiger partial charge on any atom is -0.497 e. The van der Waals surface area contributed by atoms with Gasteiger partial charge in [-0.25, -0.2) is 4.98 Å². The Morgan fingerprint density at radius 3 is 2.37 bits per heavy atom. The molecule has 0 radical (unpaired) electrons. The van der Waals surface area contributed by atoms with Gasteiger partial charge < -0.3 is 15.4 Å². The molecule has 0 aliphatic heterocycles. The third-order valence-electron chi connectivity index (χ3n) is 6.37. The minimum absolute atomic E-state index is 0.170. The molecule has 0 saturated carbocycles. The van der Waals surface area contributed by atoms with Gasteiger partial charge in [-0.1, -0.05) is 72.3 Å². The maximum absolute atomic E-state index is 13.7. The number of hydrogen-bond acceptors (Lipinski definition) is 6. The van der Waals surface area contributed by atoms with Crippen molar-refractivity contribution in [3.8, 4) is 17.0 Å². The second kappa shape index (κ2) is 12.8. The van der Waals surface area contributed by atoms with E-state index in [2.05, 4.69) is 29.7 Å². The summed E-state index contributed by atoms with van der Waals surface area (Å²) in [4.78, 5) is 33.2. The van der Waals surface area contributed by atoms with Crippen LogP contribution in [0.15, 0.2) is 108 Å². The smallest absolute Gasteiger partial charge is 0.255 e. The van der Waals surface area contributed by atoms with Gasteiger partial charge in [0.05, 0.1) is 12.8 Å². The van der Waals surface area contributed by atoms with Crippen molar-refractivity contribution in [3.63, 3.8) is 0 Å². The van der Waals surface area contributed by atoms with E-state index in [0.29, 0.717) is 22.1 Å². The van der Waals surface area contributed by atoms with Crippen LogP contribution < -0.4 is 15.4 Å². The fourth-order valence-corrected chi connectivity index (χ4v) is 6.17. The Kier molecular flexibility index (Phi) is 8.82. The Morgan fingerprint density at radius 1 is 0.854 bits per heavy atom. The number of anilines is 2. The molecule has 1 unspecified atom stereocenters. The number of nitrogens with one attached hydrogen (secondary N) is 2. The zero-order valence-electron chi connectivity index (χ0n) is 22.9. The molecule has 1 heterocycles. The molecule has 1 aromatic heterocycles. The van der Waals surface area contributed by atoms with Crippen molar-refractivity contribution in [2.24, 2.45) is 0 Å². The third kappa shape index (κ3) is 7.03. The van der Waals surface area contributed by atoms with Crippen LogP contribution in [0.5, 0.6) is 5.75 Å². The first kappa shape index (κ1) is 28.1. The van der Waals surface area contributed by atoms with Crippen molar-refractivity contribution in [2.75, 3.05) is 17.7 Å². The van der Waals surface area contributed by atoms with Gasteiger partial charge in [0.25, 0.3) is 5.91 Å². The SMILES string of the molecule is COc1cccc(C(=O)Nc2cccc(SC(C(=O)Nc3nc(-c4ccc(C)cc4)c(C)s3)c3ccccc3)c2)c1. The van der Waals surface area contributed by atoms with E-state index in [1.54, 1.807) is 31.4 Å². The van der Waals surface area contributed by atoms with Gasteiger partial charge in [0.1, 0.15) is 11.0 Å². The lowest BCUT2D eigenvalue weighted by molar-refractivity contribution is -0.115. The second-order valence-corrected chi connectivity index (χ2v) is 11.8. The van der Waals surface area contributed by atoms with Crippen LogP contribution in [0, 0.1) is 13.8 Å². The summed E-state index contributed by atoms with van der Waals surface area (Å²) >= 11 is 2.88. The predicted molar refractivity (Wildman–Crippen MR) is 168 cm³/mol. The molecule has 206 valence electrons. The summed E-state index contributed by atoms with van der Waals surface area (Å²) in [6, 6.07) is 32.3. The van der Waals surface area contributed by atoms with Crippen LogP contribution in [-0.2, 0) is 4.79 Å². The van der Waals surface area contributed by atoms with Crippen molar-refractivity contribution in [3.05, 3.63) is 125 Å². The molecule has 1 atom stereocenters. The average Bonchev–Trinajstić information content (AvgIpc) is 3.36. The van der Waals surface area contributed by atoms with Gasteiger partial charge in [-0.15, -0.1) is 23.1 Å². The highest BCUT2D eigenvalue weighted by molar-refractivity contribution is 8.00. The van der Waals surface area contributed by atoms with Gasteiger partial charge in [0.15, 0.2) is 5.13 Å². The van der Waals surface area contributed by atoms with E-state index in [1.165, 1.54) is 28.7 Å². The molecular formula is C33H29N3O3S2. The Bertz CT molecular complexity index is 1670. The Labute approximate surface area is 247 Å². The van der Waals surface area contributed by atoms with Crippen LogP contribution in [0.4, 0.5) is 10.8 Å². The predicted octanol–water partition coefficient (Wildman–Crippen LogP) is 8.16. The number of benzene rings is 4. The summed E-state index contributed by atoms with van der Waals surface area (Å²) < 4.78 is 5.23. The zero-order chi connectivity index (χ0) is 28.8. The van der Waals surface area contributed by atoms with Crippen LogP contribution in [0.3, 0.4) is 0 Å². The van der Waals surface area contributed by atoms with Crippen molar-refractivity contribution in [1.82, 2.24) is 4.98 Å². The molecule has 0 spiro atoms. The number of rotatable bonds is 9. The minimum atomic E-state index is -0.535. The van der Waals surface area contributed by atoms with Gasteiger partial charge in [-0.05, 0) is 55.8 Å². The van der Waals surface area contributed by atoms with E-state index in [-0.39, 0.29) is 11.8 Å². The molecule has 2 N–H and O–H groups in total. The number of hydrogen-bond donors (Lipinski definition) is 2. The Morgan fingerprint density at radius 2 is 1.61 bits per heavy atom. The summed E-state index contributed by atoms with van der Waals surface area (Å²) in [5, 5.41) is 6.02. The van der Waals surface area contributed by atoms with Gasteiger partial charge in [0, 0.05) is 26.6 Å². The zero-order valence-corrected chi connectivity index (χ0v) is 24.5. The maximum atomic E-state index is 13.7. The maximum Gasteiger partial charge on any atom is 0.255 e. The van der Waals surface area contributed by atoms with Crippen LogP contribution in [-0.4, -0.2) is 23.9 Å². The van der Waals surface area contributed by atoms with E-state index < -0.39 is 5.25 Å². The fourth-order valence-electron chi connectivity index (χ4n) is 4.25. The highest BCUT2D eigenvalue weighted by Gasteiger charge is 2.24. The largest absolute Gasteiger partial charge is 0.497 e. The van der Waals surface area contributed by atoms with Crippen molar-refractivity contribution in [1.29, 1.82) is 0 Å². The Balaban J connectivity index is 1.35. The molecule has 8 heteroatoms. The summed E-state index contributed by atoms with van der Waals surface area (Å²) in [5.74, 6) is 0.197. The van der Waals surface area contributed by atoms with E-state index in [4.69, 9.17) is 9.72 Å². The lowest BCUT2D eigenvalue weighted by Crippen LogP contribution is -2.19. The lowest BCUT2D eigenvalue weighted by atomic mass is 10.1. The number of thioether (sulfide) groups is 1. The molecule has 41 heavy (non-hydrogen) atoms. The molecule has 0 fully saturated rings. The normalized spacial score (nSPS) is 11.5. The number of thiazole rings is 1. The number of ether oxygens (including phenoxy) is 1. The first-order chi connectivity index (χ1) is 19.9. The third-order valence-corrected chi connectivity index (χ3v) is 8.50. The molecular weight excluding hydrogens is 551 g/mol. The molecule has 4 aromatic carbocycles. The molecule has 5 aromatic rings. The van der Waals surface area contributed by atoms with Crippen LogP contribution in [0.25, 0.3) is 11.3 Å². The fraction of sp³-hybridized carbons (Fsp3) is 0.121. The number of aromatic nitrogens is 1. The van der Waals surface area contributed by atoms with Crippen molar-refractivity contribution in [2.45, 2.75) is 24.0 Å². The standard InChI is InChI=1S/C33H29N3O3S2/c1-21-15-17-23(18-16-21)29-22(2)40-33(35-29)36-32(38)30(24-9-5-4-6-10-24)41-28-14-8-12-26(20-28)34-31(37)25-11-7-13-27(19-25)39-3/h4-20,30H,1-3H3,(H,34,37)(H,35,36,38).